The molecule has 2 rings (SSSR count). The fraction of sp³-hybridized carbons (Fsp3) is 0.647. The molecule has 0 saturated carbocycles. The topological polar surface area (TPSA) is 24.5 Å². The van der Waals surface area contributed by atoms with Crippen LogP contribution in [0.5, 0.6) is 5.75 Å². The Balaban J connectivity index is 1.88. The zero-order chi connectivity index (χ0) is 14.4. The zero-order valence-corrected chi connectivity index (χ0v) is 13.1. The highest BCUT2D eigenvalue weighted by Gasteiger charge is 2.11. The van der Waals surface area contributed by atoms with Crippen LogP contribution in [0.15, 0.2) is 18.2 Å². The lowest BCUT2D eigenvalue weighted by molar-refractivity contribution is 0.296. The molecule has 0 spiro atoms. The third kappa shape index (κ3) is 4.41. The fourth-order valence-electron chi connectivity index (χ4n) is 2.59. The Morgan fingerprint density at radius 1 is 1.25 bits per heavy atom. The van der Waals surface area contributed by atoms with Crippen LogP contribution in [0.2, 0.25) is 0 Å². The highest BCUT2D eigenvalue weighted by molar-refractivity contribution is 5.53. The molecule has 1 aromatic carbocycles. The maximum atomic E-state index is 5.90. The number of aryl methyl sites for hydroxylation is 1. The molecule has 3 nitrogen and oxygen atoms in total. The molecule has 1 saturated heterocycles. The minimum absolute atomic E-state index is 0.759. The molecule has 1 heterocycles. The van der Waals surface area contributed by atoms with Crippen LogP contribution in [-0.4, -0.2) is 32.8 Å². The fourth-order valence-corrected chi connectivity index (χ4v) is 2.59. The van der Waals surface area contributed by atoms with Crippen molar-refractivity contribution in [2.45, 2.75) is 33.6 Å². The standard InChI is InChI=1S/C17H28N2O/c1-14(2)5-4-12-20-17-7-6-16(13-15(17)3)19-10-8-18-9-11-19/h6-7,13-14,18H,4-5,8-12H2,1-3H3. The van der Waals surface area contributed by atoms with Gasteiger partial charge >= 0.3 is 0 Å². The van der Waals surface area contributed by atoms with Gasteiger partial charge in [-0.25, -0.2) is 0 Å². The van der Waals surface area contributed by atoms with Gasteiger partial charge in [-0.15, -0.1) is 0 Å². The van der Waals surface area contributed by atoms with Crippen LogP contribution >= 0.6 is 0 Å². The summed E-state index contributed by atoms with van der Waals surface area (Å²) in [6, 6.07) is 6.57. The Kier molecular flexibility index (Phi) is 5.72. The third-order valence-electron chi connectivity index (χ3n) is 3.82. The first-order chi connectivity index (χ1) is 9.66. The molecule has 20 heavy (non-hydrogen) atoms. The molecule has 1 N–H and O–H groups in total. The van der Waals surface area contributed by atoms with E-state index >= 15 is 0 Å². The molecule has 0 atom stereocenters. The SMILES string of the molecule is Cc1cc(N2CCNCC2)ccc1OCCCC(C)C. The molecule has 0 unspecified atom stereocenters. The Labute approximate surface area is 123 Å². The smallest absolute Gasteiger partial charge is 0.122 e. The summed E-state index contributed by atoms with van der Waals surface area (Å²) >= 11 is 0. The molecule has 0 aliphatic carbocycles. The van der Waals surface area contributed by atoms with Gasteiger partial charge in [-0.05, 0) is 49.4 Å². The van der Waals surface area contributed by atoms with Crippen LogP contribution in [0, 0.1) is 12.8 Å². The minimum Gasteiger partial charge on any atom is -0.493 e. The third-order valence-corrected chi connectivity index (χ3v) is 3.82. The lowest BCUT2D eigenvalue weighted by Gasteiger charge is -2.30. The first-order valence-corrected chi connectivity index (χ1v) is 7.86. The number of piperazine rings is 1. The number of hydrogen-bond acceptors (Lipinski definition) is 3. The van der Waals surface area contributed by atoms with Crippen molar-refractivity contribution >= 4 is 5.69 Å². The van der Waals surface area contributed by atoms with Gasteiger partial charge in [-0.1, -0.05) is 13.8 Å². The molecular formula is C17H28N2O. The Bertz CT molecular complexity index is 411. The van der Waals surface area contributed by atoms with Crippen molar-refractivity contribution in [1.82, 2.24) is 5.32 Å². The number of benzene rings is 1. The van der Waals surface area contributed by atoms with Crippen molar-refractivity contribution < 1.29 is 4.74 Å². The predicted molar refractivity (Wildman–Crippen MR) is 85.8 cm³/mol. The van der Waals surface area contributed by atoms with Crippen LogP contribution in [0.1, 0.15) is 32.3 Å². The summed E-state index contributed by atoms with van der Waals surface area (Å²) in [6.07, 6.45) is 2.37. The molecule has 112 valence electrons. The first-order valence-electron chi connectivity index (χ1n) is 7.86. The van der Waals surface area contributed by atoms with Gasteiger partial charge in [0.05, 0.1) is 6.61 Å². The van der Waals surface area contributed by atoms with Crippen molar-refractivity contribution in [3.05, 3.63) is 23.8 Å². The van der Waals surface area contributed by atoms with Crippen molar-refractivity contribution in [2.75, 3.05) is 37.7 Å². The first kappa shape index (κ1) is 15.2. The van der Waals surface area contributed by atoms with Crippen molar-refractivity contribution in [3.63, 3.8) is 0 Å². The Morgan fingerprint density at radius 3 is 2.65 bits per heavy atom. The van der Waals surface area contributed by atoms with E-state index in [4.69, 9.17) is 4.74 Å². The molecular weight excluding hydrogens is 248 g/mol. The van der Waals surface area contributed by atoms with Crippen molar-refractivity contribution in [3.8, 4) is 5.75 Å². The summed E-state index contributed by atoms with van der Waals surface area (Å²) in [5.41, 5.74) is 2.56. The van der Waals surface area contributed by atoms with Gasteiger partial charge < -0.3 is 15.0 Å². The van der Waals surface area contributed by atoms with E-state index in [-0.39, 0.29) is 0 Å². The summed E-state index contributed by atoms with van der Waals surface area (Å²) in [5, 5.41) is 3.39. The van der Waals surface area contributed by atoms with E-state index in [0.29, 0.717) is 0 Å². The second kappa shape index (κ2) is 7.53. The van der Waals surface area contributed by atoms with Gasteiger partial charge in [0, 0.05) is 31.9 Å². The number of anilines is 1. The highest BCUT2D eigenvalue weighted by atomic mass is 16.5. The van der Waals surface area contributed by atoms with Gasteiger partial charge in [-0.2, -0.15) is 0 Å². The molecule has 1 aromatic rings. The number of rotatable bonds is 6. The van der Waals surface area contributed by atoms with Crippen LogP contribution in [-0.2, 0) is 0 Å². The quantitative estimate of drug-likeness (QED) is 0.807. The maximum Gasteiger partial charge on any atom is 0.122 e. The molecule has 0 amide bonds. The molecule has 1 aliphatic rings. The molecule has 0 aromatic heterocycles. The van der Waals surface area contributed by atoms with E-state index in [1.54, 1.807) is 0 Å². The molecule has 3 heteroatoms. The summed E-state index contributed by atoms with van der Waals surface area (Å²) in [4.78, 5) is 2.44. The normalized spacial score (nSPS) is 15.7. The van der Waals surface area contributed by atoms with E-state index in [9.17, 15) is 0 Å². The number of nitrogens with one attached hydrogen (secondary N) is 1. The van der Waals surface area contributed by atoms with Gasteiger partial charge in [0.1, 0.15) is 5.75 Å². The average Bonchev–Trinajstić information content (AvgIpc) is 2.45. The molecule has 1 fully saturated rings. The summed E-state index contributed by atoms with van der Waals surface area (Å²) in [6.45, 7) is 11.8. The average molecular weight is 276 g/mol. The van der Waals surface area contributed by atoms with E-state index in [1.165, 1.54) is 17.7 Å². The van der Waals surface area contributed by atoms with Gasteiger partial charge in [0.15, 0.2) is 0 Å². The largest absolute Gasteiger partial charge is 0.493 e. The summed E-state index contributed by atoms with van der Waals surface area (Å²) < 4.78 is 5.90. The second-order valence-corrected chi connectivity index (χ2v) is 6.07. The Morgan fingerprint density at radius 2 is 2.00 bits per heavy atom. The van der Waals surface area contributed by atoms with E-state index < -0.39 is 0 Å². The number of ether oxygens (including phenoxy) is 1. The lowest BCUT2D eigenvalue weighted by atomic mass is 10.1. The zero-order valence-electron chi connectivity index (χ0n) is 13.1. The van der Waals surface area contributed by atoms with Crippen LogP contribution in [0.4, 0.5) is 5.69 Å². The van der Waals surface area contributed by atoms with Crippen molar-refractivity contribution in [2.24, 2.45) is 5.92 Å². The van der Waals surface area contributed by atoms with Crippen LogP contribution in [0.25, 0.3) is 0 Å². The number of nitrogens with zero attached hydrogens (tertiary/aromatic N) is 1. The summed E-state index contributed by atoms with van der Waals surface area (Å²) in [7, 11) is 0. The molecule has 0 radical (unpaired) electrons. The molecule has 0 bridgehead atoms. The van der Waals surface area contributed by atoms with E-state index in [2.05, 4.69) is 49.2 Å². The monoisotopic (exact) mass is 276 g/mol. The summed E-state index contributed by atoms with van der Waals surface area (Å²) in [5.74, 6) is 1.79. The predicted octanol–water partition coefficient (Wildman–Crippen LogP) is 3.22. The molecule has 1 aliphatic heterocycles. The Hall–Kier alpha value is -1.22. The van der Waals surface area contributed by atoms with E-state index in [0.717, 1.165) is 50.9 Å². The minimum atomic E-state index is 0.759. The van der Waals surface area contributed by atoms with Crippen molar-refractivity contribution in [1.29, 1.82) is 0 Å². The lowest BCUT2D eigenvalue weighted by Crippen LogP contribution is -2.43. The highest BCUT2D eigenvalue weighted by Crippen LogP contribution is 2.25. The maximum absolute atomic E-state index is 5.90. The van der Waals surface area contributed by atoms with Crippen LogP contribution in [0.3, 0.4) is 0 Å². The van der Waals surface area contributed by atoms with Gasteiger partial charge in [0.25, 0.3) is 0 Å². The van der Waals surface area contributed by atoms with Gasteiger partial charge in [-0.3, -0.25) is 0 Å². The van der Waals surface area contributed by atoms with Crippen LogP contribution < -0.4 is 15.0 Å². The van der Waals surface area contributed by atoms with Gasteiger partial charge in [0.2, 0.25) is 0 Å². The second-order valence-electron chi connectivity index (χ2n) is 6.07. The van der Waals surface area contributed by atoms with E-state index in [1.807, 2.05) is 0 Å². The number of hydrogen-bond donors (Lipinski definition) is 1.